The summed E-state index contributed by atoms with van der Waals surface area (Å²) in [6.45, 7) is 0.479. The van der Waals surface area contributed by atoms with Gasteiger partial charge >= 0.3 is 6.18 Å². The summed E-state index contributed by atoms with van der Waals surface area (Å²) in [7, 11) is 0. The van der Waals surface area contributed by atoms with Crippen LogP contribution in [0.4, 0.5) is 19.0 Å². The zero-order valence-corrected chi connectivity index (χ0v) is 20.4. The van der Waals surface area contributed by atoms with Gasteiger partial charge in [-0.25, -0.2) is 15.0 Å². The molecule has 11 heteroatoms. The van der Waals surface area contributed by atoms with Crippen LogP contribution in [0.3, 0.4) is 0 Å². The van der Waals surface area contributed by atoms with E-state index in [2.05, 4.69) is 25.4 Å². The van der Waals surface area contributed by atoms with E-state index in [-0.39, 0.29) is 39.8 Å². The van der Waals surface area contributed by atoms with Crippen molar-refractivity contribution in [1.82, 2.24) is 25.3 Å². The van der Waals surface area contributed by atoms with E-state index in [4.69, 9.17) is 0 Å². The largest absolute Gasteiger partial charge is 0.405 e. The Labute approximate surface area is 194 Å². The van der Waals surface area contributed by atoms with E-state index >= 15 is 0 Å². The smallest absolute Gasteiger partial charge is 0.358 e. The molecule has 172 valence electrons. The molecular weight excluding hydrogens is 581 g/mol. The molecule has 2 aromatic heterocycles. The minimum absolute atomic E-state index is 0. The molecule has 0 bridgehead atoms. The Bertz CT molecular complexity index is 856. The number of nitrogens with one attached hydrogen (secondary N) is 3. The predicted molar refractivity (Wildman–Crippen MR) is 108 cm³/mol. The van der Waals surface area contributed by atoms with Crippen LogP contribution in [0.25, 0.3) is 11.0 Å². The van der Waals surface area contributed by atoms with Crippen LogP contribution >= 0.6 is 0 Å². The fourth-order valence-corrected chi connectivity index (χ4v) is 4.53. The number of piperidine rings is 1. The molecule has 2 aliphatic rings. The zero-order chi connectivity index (χ0) is 20.5. The number of H-pyrrole nitrogens is 1. The van der Waals surface area contributed by atoms with Gasteiger partial charge in [0.2, 0.25) is 5.91 Å². The summed E-state index contributed by atoms with van der Waals surface area (Å²) in [6, 6.07) is 1.94. The second kappa shape index (κ2) is 10.3. The van der Waals surface area contributed by atoms with Gasteiger partial charge in [0.1, 0.15) is 18.5 Å². The number of hydrogen-bond acceptors (Lipinski definition) is 5. The van der Waals surface area contributed by atoms with E-state index in [1.807, 2.05) is 17.6 Å². The first-order valence-corrected chi connectivity index (χ1v) is 9.98. The molecule has 3 N–H and O–H groups in total. The van der Waals surface area contributed by atoms with E-state index in [0.717, 1.165) is 55.6 Å². The van der Waals surface area contributed by atoms with Gasteiger partial charge in [0.05, 0.1) is 5.39 Å². The fourth-order valence-electron chi connectivity index (χ4n) is 4.53. The summed E-state index contributed by atoms with van der Waals surface area (Å²) >= 11 is 0. The molecule has 2 aromatic rings. The molecule has 4 rings (SSSR count). The molecule has 1 saturated carbocycles. The first-order chi connectivity index (χ1) is 13.8. The van der Waals surface area contributed by atoms with Crippen LogP contribution in [-0.4, -0.2) is 51.7 Å². The summed E-state index contributed by atoms with van der Waals surface area (Å²) in [6.07, 6.45) is 4.09. The number of aromatic amines is 1. The Morgan fingerprint density at radius 2 is 1.87 bits per heavy atom. The number of carbonyl (C=O) groups excluding carboxylic acids is 1. The minimum Gasteiger partial charge on any atom is -0.358 e. The van der Waals surface area contributed by atoms with Gasteiger partial charge in [-0.1, -0.05) is 0 Å². The van der Waals surface area contributed by atoms with Crippen molar-refractivity contribution in [2.75, 3.05) is 25.1 Å². The zero-order valence-electron chi connectivity index (χ0n) is 17.5. The Morgan fingerprint density at radius 1 is 1.19 bits per heavy atom. The number of carbonyl (C=O) groups is 1. The minimum atomic E-state index is -4.36. The second-order valence-corrected chi connectivity index (χ2v) is 8.17. The monoisotopic (exact) mass is 609 g/mol. The van der Waals surface area contributed by atoms with Crippen molar-refractivity contribution in [2.45, 2.75) is 44.7 Å². The van der Waals surface area contributed by atoms with Crippen LogP contribution in [-0.2, 0) is 25.9 Å². The molecule has 3 heterocycles. The van der Waals surface area contributed by atoms with Gasteiger partial charge in [-0.3, -0.25) is 4.79 Å². The third kappa shape index (κ3) is 6.19. The molecule has 0 unspecified atom stereocenters. The molecular formula is C20H28F3N6OW-. The van der Waals surface area contributed by atoms with Gasteiger partial charge in [0.15, 0.2) is 5.82 Å². The van der Waals surface area contributed by atoms with E-state index in [9.17, 15) is 18.0 Å². The van der Waals surface area contributed by atoms with Crippen molar-refractivity contribution in [3.63, 3.8) is 0 Å². The van der Waals surface area contributed by atoms with Crippen molar-refractivity contribution < 1.29 is 39.0 Å². The summed E-state index contributed by atoms with van der Waals surface area (Å²) in [4.78, 5) is 23.6. The van der Waals surface area contributed by atoms with Gasteiger partial charge < -0.3 is 23.2 Å². The maximum atomic E-state index is 12.3. The van der Waals surface area contributed by atoms with Gasteiger partial charge in [0.25, 0.3) is 0 Å². The number of aromatic nitrogens is 3. The summed E-state index contributed by atoms with van der Waals surface area (Å²) in [5.41, 5.74) is 4.36. The Balaban J connectivity index is 0.00000171. The van der Waals surface area contributed by atoms with Crippen molar-refractivity contribution in [1.29, 1.82) is 0 Å². The van der Waals surface area contributed by atoms with E-state index in [0.29, 0.717) is 12.8 Å². The third-order valence-corrected chi connectivity index (χ3v) is 6.32. The van der Waals surface area contributed by atoms with Gasteiger partial charge in [0, 0.05) is 46.3 Å². The van der Waals surface area contributed by atoms with Crippen LogP contribution in [0, 0.1) is 18.8 Å². The maximum absolute atomic E-state index is 12.3. The number of nitrogens with zero attached hydrogens (tertiary/aromatic N) is 3. The molecule has 1 aliphatic heterocycles. The molecule has 1 amide bonds. The van der Waals surface area contributed by atoms with Gasteiger partial charge in [-0.15, -0.1) is 0 Å². The van der Waals surface area contributed by atoms with Gasteiger partial charge in [-0.2, -0.15) is 13.2 Å². The molecule has 2 fully saturated rings. The number of hydrogen-bond donors (Lipinski definition) is 3. The number of alkyl halides is 3. The van der Waals surface area contributed by atoms with Crippen LogP contribution in [0.2, 0.25) is 0 Å². The van der Waals surface area contributed by atoms with E-state index in [1.54, 1.807) is 0 Å². The van der Waals surface area contributed by atoms with Crippen LogP contribution in [0.5, 0.6) is 0 Å². The molecule has 0 aromatic carbocycles. The van der Waals surface area contributed by atoms with Gasteiger partial charge in [-0.05, 0) is 50.0 Å². The SMILES string of the molecule is O=C(NCC(F)(F)F)C1CCC2(CC1)CCN(Nc1ncnc3[nH]ccc13)CC2.[CH3-].[W]. The number of rotatable bonds is 4. The Morgan fingerprint density at radius 3 is 2.52 bits per heavy atom. The Hall–Kier alpha value is -1.67. The molecule has 1 spiro atoms. The van der Waals surface area contributed by atoms with Crippen LogP contribution in [0.1, 0.15) is 38.5 Å². The van der Waals surface area contributed by atoms with Crippen molar-refractivity contribution in [2.24, 2.45) is 11.3 Å². The van der Waals surface area contributed by atoms with Crippen LogP contribution < -0.4 is 10.7 Å². The van der Waals surface area contributed by atoms with Crippen LogP contribution in [0.15, 0.2) is 18.6 Å². The molecule has 1 saturated heterocycles. The normalized spacial score (nSPS) is 19.5. The summed E-state index contributed by atoms with van der Waals surface area (Å²) in [5.74, 6) is 0.00910. The Kier molecular flexibility index (Phi) is 8.50. The fraction of sp³-hybridized carbons (Fsp3) is 0.600. The van der Waals surface area contributed by atoms with Crippen molar-refractivity contribution >= 4 is 22.8 Å². The van der Waals surface area contributed by atoms with E-state index < -0.39 is 18.6 Å². The van der Waals surface area contributed by atoms with Crippen molar-refractivity contribution in [3.05, 3.63) is 26.0 Å². The average molecular weight is 609 g/mol. The maximum Gasteiger partial charge on any atom is 0.405 e. The number of halogens is 3. The van der Waals surface area contributed by atoms with E-state index in [1.165, 1.54) is 6.33 Å². The summed E-state index contributed by atoms with van der Waals surface area (Å²) in [5, 5.41) is 5.13. The molecule has 0 radical (unpaired) electrons. The number of fused-ring (bicyclic) bond motifs is 1. The first kappa shape index (κ1) is 25.6. The predicted octanol–water partition coefficient (Wildman–Crippen LogP) is 3.68. The molecule has 0 atom stereocenters. The second-order valence-electron chi connectivity index (χ2n) is 8.17. The first-order valence-electron chi connectivity index (χ1n) is 9.98. The quantitative estimate of drug-likeness (QED) is 0.461. The molecule has 7 nitrogen and oxygen atoms in total. The molecule has 31 heavy (non-hydrogen) atoms. The van der Waals surface area contributed by atoms with Crippen molar-refractivity contribution in [3.8, 4) is 0 Å². The third-order valence-electron chi connectivity index (χ3n) is 6.32. The number of hydrazine groups is 1. The number of amides is 1. The summed E-state index contributed by atoms with van der Waals surface area (Å²) < 4.78 is 36.9. The average Bonchev–Trinajstić information content (AvgIpc) is 3.18. The standard InChI is InChI=1S/C19H25F3N6O.CH3.W/c20-19(21,22)11-24-17(29)13-1-4-18(5-2-13)6-9-28(10-7-18)27-16-14-3-8-23-15(14)25-12-26-16;;/h3,8,12-13H,1-2,4-7,9-11H2,(H,24,29)(H2,23,25,26,27);1H3;/q;-1;. The number of anilines is 1. The topological polar surface area (TPSA) is 85.9 Å². The molecule has 1 aliphatic carbocycles.